The molecule has 1 aromatic carbocycles. The van der Waals surface area contributed by atoms with Crippen molar-refractivity contribution in [3.05, 3.63) is 59.5 Å². The van der Waals surface area contributed by atoms with Gasteiger partial charge in [0.05, 0.1) is 31.1 Å². The molecule has 0 aliphatic carbocycles. The number of para-hydroxylation sites is 1. The number of nitrogens with zero attached hydrogens (tertiary/aromatic N) is 2. The number of aromatic nitrogens is 2. The van der Waals surface area contributed by atoms with Crippen LogP contribution in [0.3, 0.4) is 0 Å². The third-order valence-corrected chi connectivity index (χ3v) is 4.15. The Labute approximate surface area is 140 Å². The van der Waals surface area contributed by atoms with Crippen molar-refractivity contribution in [2.24, 2.45) is 0 Å². The Hall–Kier alpha value is -2.82. The van der Waals surface area contributed by atoms with Crippen molar-refractivity contribution in [1.82, 2.24) is 9.55 Å². The smallest absolute Gasteiger partial charge is 0.352 e. The summed E-state index contributed by atoms with van der Waals surface area (Å²) in [4.78, 5) is 16.1. The topological polar surface area (TPSA) is 64.3 Å². The molecule has 3 aromatic rings. The highest BCUT2D eigenvalue weighted by Gasteiger charge is 2.18. The predicted molar refractivity (Wildman–Crippen MR) is 92.9 cm³/mol. The lowest BCUT2D eigenvalue weighted by Crippen LogP contribution is -2.11. The van der Waals surface area contributed by atoms with Gasteiger partial charge in [-0.2, -0.15) is 0 Å². The number of pyridine rings is 1. The van der Waals surface area contributed by atoms with Crippen LogP contribution in [0.15, 0.2) is 42.6 Å². The van der Waals surface area contributed by atoms with Gasteiger partial charge in [0.2, 0.25) is 0 Å². The zero-order valence-corrected chi connectivity index (χ0v) is 14.0. The summed E-state index contributed by atoms with van der Waals surface area (Å²) >= 11 is 0. The Bertz CT molecular complexity index is 880. The molecule has 0 amide bonds. The number of hydrogen-bond acceptors (Lipinski definition) is 3. The Morgan fingerprint density at radius 2 is 2.08 bits per heavy atom. The van der Waals surface area contributed by atoms with E-state index in [0.717, 1.165) is 22.2 Å². The second-order valence-corrected chi connectivity index (χ2v) is 6.05. The highest BCUT2D eigenvalue weighted by molar-refractivity contribution is 5.96. The van der Waals surface area contributed by atoms with Crippen LogP contribution in [0, 0.1) is 0 Å². The zero-order chi connectivity index (χ0) is 17.3. The van der Waals surface area contributed by atoms with Gasteiger partial charge >= 0.3 is 5.97 Å². The lowest BCUT2D eigenvalue weighted by molar-refractivity contribution is 0.0686. The summed E-state index contributed by atoms with van der Waals surface area (Å²) in [5, 5.41) is 10.5. The van der Waals surface area contributed by atoms with Crippen molar-refractivity contribution in [3.8, 4) is 5.75 Å². The van der Waals surface area contributed by atoms with E-state index in [9.17, 15) is 9.90 Å². The minimum absolute atomic E-state index is 0.274. The third kappa shape index (κ3) is 2.85. The van der Waals surface area contributed by atoms with Gasteiger partial charge < -0.3 is 14.4 Å². The fourth-order valence-corrected chi connectivity index (χ4v) is 2.95. The Morgan fingerprint density at radius 1 is 1.29 bits per heavy atom. The summed E-state index contributed by atoms with van der Waals surface area (Å²) in [6, 6.07) is 11.4. The molecule has 0 atom stereocenters. The molecule has 0 fully saturated rings. The first-order valence-corrected chi connectivity index (χ1v) is 7.85. The van der Waals surface area contributed by atoms with Gasteiger partial charge in [0.25, 0.3) is 0 Å². The predicted octanol–water partition coefficient (Wildman–Crippen LogP) is 3.91. The van der Waals surface area contributed by atoms with Gasteiger partial charge in [-0.25, -0.2) is 4.79 Å². The van der Waals surface area contributed by atoms with Crippen LogP contribution in [-0.2, 0) is 6.54 Å². The summed E-state index contributed by atoms with van der Waals surface area (Å²) in [6.45, 7) is 4.62. The van der Waals surface area contributed by atoms with Crippen molar-refractivity contribution in [2.45, 2.75) is 26.3 Å². The van der Waals surface area contributed by atoms with Gasteiger partial charge in [0, 0.05) is 5.39 Å². The van der Waals surface area contributed by atoms with Gasteiger partial charge in [-0.1, -0.05) is 32.0 Å². The molecule has 24 heavy (non-hydrogen) atoms. The highest BCUT2D eigenvalue weighted by Crippen LogP contribution is 2.29. The number of hydrogen-bond donors (Lipinski definition) is 1. The van der Waals surface area contributed by atoms with E-state index < -0.39 is 5.97 Å². The number of ether oxygens (including phenoxy) is 1. The summed E-state index contributed by atoms with van der Waals surface area (Å²) in [5.41, 5.74) is 3.15. The lowest BCUT2D eigenvalue weighted by Gasteiger charge is -2.13. The Balaban J connectivity index is 2.16. The normalized spacial score (nSPS) is 11.2. The number of carboxylic acid groups (broad SMARTS) is 1. The second-order valence-electron chi connectivity index (χ2n) is 6.05. The van der Waals surface area contributed by atoms with Gasteiger partial charge in [0.1, 0.15) is 11.4 Å². The molecular formula is C19H20N2O3. The minimum Gasteiger partial charge on any atom is -0.495 e. The first-order valence-electron chi connectivity index (χ1n) is 7.85. The van der Waals surface area contributed by atoms with E-state index in [2.05, 4.69) is 24.9 Å². The van der Waals surface area contributed by atoms with Crippen molar-refractivity contribution < 1.29 is 14.6 Å². The number of benzene rings is 1. The Kier molecular flexibility index (Phi) is 4.25. The van der Waals surface area contributed by atoms with E-state index in [1.165, 1.54) is 0 Å². The lowest BCUT2D eigenvalue weighted by atomic mass is 10.0. The monoisotopic (exact) mass is 324 g/mol. The van der Waals surface area contributed by atoms with Crippen molar-refractivity contribution in [2.75, 3.05) is 7.11 Å². The van der Waals surface area contributed by atoms with Gasteiger partial charge in [-0.3, -0.25) is 4.98 Å². The molecule has 0 saturated heterocycles. The molecule has 0 aliphatic rings. The number of aromatic carboxylic acids is 1. The molecule has 2 aromatic heterocycles. The van der Waals surface area contributed by atoms with Crippen LogP contribution >= 0.6 is 0 Å². The Morgan fingerprint density at radius 3 is 2.67 bits per heavy atom. The SMILES string of the molecule is COc1ccc(Cn2c(C(=O)O)cc3cccc(C(C)C)c32)nc1. The van der Waals surface area contributed by atoms with E-state index in [1.807, 2.05) is 28.8 Å². The first kappa shape index (κ1) is 16.1. The van der Waals surface area contributed by atoms with E-state index in [1.54, 1.807) is 19.4 Å². The number of fused-ring (bicyclic) bond motifs is 1. The maximum absolute atomic E-state index is 11.7. The van der Waals surface area contributed by atoms with Crippen LogP contribution in [0.4, 0.5) is 0 Å². The van der Waals surface area contributed by atoms with E-state index in [0.29, 0.717) is 18.2 Å². The molecule has 2 heterocycles. The average Bonchev–Trinajstić information content (AvgIpc) is 2.94. The standard InChI is InChI=1S/C19H20N2O3/c1-12(2)16-6-4-5-13-9-17(19(22)23)21(18(13)16)11-14-7-8-15(24-3)10-20-14/h4-10,12H,11H2,1-3H3,(H,22,23). The maximum atomic E-state index is 11.7. The van der Waals surface area contributed by atoms with Crippen LogP contribution in [0.1, 0.15) is 41.5 Å². The molecule has 0 radical (unpaired) electrons. The van der Waals surface area contributed by atoms with Crippen LogP contribution in [-0.4, -0.2) is 27.7 Å². The molecule has 3 rings (SSSR count). The van der Waals surface area contributed by atoms with E-state index in [-0.39, 0.29) is 5.69 Å². The number of carboxylic acids is 1. The van der Waals surface area contributed by atoms with Crippen molar-refractivity contribution in [1.29, 1.82) is 0 Å². The molecule has 0 spiro atoms. The van der Waals surface area contributed by atoms with Crippen LogP contribution < -0.4 is 4.74 Å². The summed E-state index contributed by atoms with van der Waals surface area (Å²) in [6.07, 6.45) is 1.64. The average molecular weight is 324 g/mol. The molecule has 0 aliphatic heterocycles. The summed E-state index contributed by atoms with van der Waals surface area (Å²) in [7, 11) is 1.59. The quantitative estimate of drug-likeness (QED) is 0.772. The van der Waals surface area contributed by atoms with Crippen LogP contribution in [0.5, 0.6) is 5.75 Å². The fraction of sp³-hybridized carbons (Fsp3) is 0.263. The van der Waals surface area contributed by atoms with E-state index >= 15 is 0 Å². The zero-order valence-electron chi connectivity index (χ0n) is 14.0. The molecule has 0 unspecified atom stereocenters. The van der Waals surface area contributed by atoms with Gasteiger partial charge in [-0.15, -0.1) is 0 Å². The molecule has 5 nitrogen and oxygen atoms in total. The van der Waals surface area contributed by atoms with Crippen LogP contribution in [0.2, 0.25) is 0 Å². The van der Waals surface area contributed by atoms with E-state index in [4.69, 9.17) is 4.74 Å². The third-order valence-electron chi connectivity index (χ3n) is 4.15. The largest absolute Gasteiger partial charge is 0.495 e. The molecule has 124 valence electrons. The molecule has 5 heteroatoms. The number of rotatable bonds is 5. The second kappa shape index (κ2) is 6.35. The van der Waals surface area contributed by atoms with Crippen molar-refractivity contribution in [3.63, 3.8) is 0 Å². The first-order chi connectivity index (χ1) is 11.5. The van der Waals surface area contributed by atoms with Gasteiger partial charge in [-0.05, 0) is 29.7 Å². The maximum Gasteiger partial charge on any atom is 0.352 e. The van der Waals surface area contributed by atoms with Crippen LogP contribution in [0.25, 0.3) is 10.9 Å². The summed E-state index contributed by atoms with van der Waals surface area (Å²) < 4.78 is 6.96. The molecule has 0 saturated carbocycles. The minimum atomic E-state index is -0.936. The van der Waals surface area contributed by atoms with Gasteiger partial charge in [0.15, 0.2) is 0 Å². The molecule has 0 bridgehead atoms. The summed E-state index contributed by atoms with van der Waals surface area (Å²) in [5.74, 6) is 0.0414. The molecule has 1 N–H and O–H groups in total. The highest BCUT2D eigenvalue weighted by atomic mass is 16.5. The fourth-order valence-electron chi connectivity index (χ4n) is 2.95. The molecular weight excluding hydrogens is 304 g/mol. The number of methoxy groups -OCH3 is 1. The number of carbonyl (C=O) groups is 1. The van der Waals surface area contributed by atoms with Crippen molar-refractivity contribution >= 4 is 16.9 Å².